The molecule has 1 aromatic carbocycles. The third-order valence-corrected chi connectivity index (χ3v) is 2.12. The molecular formula is C12H8NO2. The van der Waals surface area contributed by atoms with E-state index in [0.717, 1.165) is 4.90 Å². The predicted molar refractivity (Wildman–Crippen MR) is 55.0 cm³/mol. The molecule has 15 heavy (non-hydrogen) atoms. The van der Waals surface area contributed by atoms with Gasteiger partial charge in [-0.25, -0.2) is 4.90 Å². The van der Waals surface area contributed by atoms with Crippen molar-refractivity contribution in [3.8, 4) is 0 Å². The van der Waals surface area contributed by atoms with Crippen LogP contribution in [0.5, 0.6) is 0 Å². The van der Waals surface area contributed by atoms with Crippen molar-refractivity contribution in [2.24, 2.45) is 0 Å². The van der Waals surface area contributed by atoms with Crippen molar-refractivity contribution in [3.05, 3.63) is 60.3 Å². The third-order valence-electron chi connectivity index (χ3n) is 2.12. The van der Waals surface area contributed by atoms with Gasteiger partial charge in [-0.1, -0.05) is 24.8 Å². The van der Waals surface area contributed by atoms with Crippen LogP contribution >= 0.6 is 0 Å². The Morgan fingerprint density at radius 3 is 2.13 bits per heavy atom. The minimum absolute atomic E-state index is 0.339. The van der Waals surface area contributed by atoms with Crippen LogP contribution in [0.1, 0.15) is 20.7 Å². The number of imide groups is 1. The maximum absolute atomic E-state index is 11.7. The van der Waals surface area contributed by atoms with Crippen LogP contribution in [0.15, 0.2) is 43.0 Å². The lowest BCUT2D eigenvalue weighted by molar-refractivity contribution is 0.0710. The molecule has 3 nitrogen and oxygen atoms in total. The van der Waals surface area contributed by atoms with Gasteiger partial charge in [-0.2, -0.15) is 0 Å². The summed E-state index contributed by atoms with van der Waals surface area (Å²) in [6, 6.07) is 6.71. The standard InChI is InChI=1S/C12H8NO2/c1-2-3-8-13-11(14)9-6-4-5-7-10(9)12(13)15/h2-7H,1H2. The monoisotopic (exact) mass is 198 g/mol. The van der Waals surface area contributed by atoms with E-state index in [1.165, 1.54) is 12.2 Å². The van der Waals surface area contributed by atoms with Gasteiger partial charge < -0.3 is 0 Å². The molecule has 1 radical (unpaired) electrons. The van der Waals surface area contributed by atoms with Crippen LogP contribution in [0.25, 0.3) is 0 Å². The number of carbonyl (C=O) groups is 2. The van der Waals surface area contributed by atoms with Crippen molar-refractivity contribution in [2.75, 3.05) is 0 Å². The Hall–Kier alpha value is -2.16. The molecule has 2 amide bonds. The van der Waals surface area contributed by atoms with Crippen molar-refractivity contribution in [1.29, 1.82) is 0 Å². The van der Waals surface area contributed by atoms with Crippen molar-refractivity contribution in [3.63, 3.8) is 0 Å². The maximum Gasteiger partial charge on any atom is 0.266 e. The summed E-state index contributed by atoms with van der Waals surface area (Å²) in [5, 5.41) is 0. The molecule has 2 rings (SSSR count). The van der Waals surface area contributed by atoms with E-state index < -0.39 is 0 Å². The second-order valence-corrected chi connectivity index (χ2v) is 3.02. The highest BCUT2D eigenvalue weighted by Gasteiger charge is 2.33. The molecule has 1 aliphatic heterocycles. The van der Waals surface area contributed by atoms with Gasteiger partial charge in [0, 0.05) is 0 Å². The minimum Gasteiger partial charge on any atom is -0.268 e. The summed E-state index contributed by atoms with van der Waals surface area (Å²) < 4.78 is 0. The number of amides is 2. The first-order valence-electron chi connectivity index (χ1n) is 4.44. The molecule has 0 aromatic heterocycles. The first kappa shape index (κ1) is 9.40. The van der Waals surface area contributed by atoms with E-state index in [-0.39, 0.29) is 11.8 Å². The molecule has 0 unspecified atom stereocenters. The SMILES string of the molecule is C=C/C=[C]\N1C(=O)c2ccccc2C1=O. The lowest BCUT2D eigenvalue weighted by Gasteiger charge is -2.04. The first-order valence-corrected chi connectivity index (χ1v) is 4.44. The van der Waals surface area contributed by atoms with Gasteiger partial charge in [0.1, 0.15) is 0 Å². The van der Waals surface area contributed by atoms with E-state index in [1.807, 2.05) is 0 Å². The van der Waals surface area contributed by atoms with Gasteiger partial charge in [-0.05, 0) is 18.2 Å². The number of hydrogen-bond donors (Lipinski definition) is 0. The fourth-order valence-corrected chi connectivity index (χ4v) is 1.43. The predicted octanol–water partition coefficient (Wildman–Crippen LogP) is 1.79. The van der Waals surface area contributed by atoms with Crippen molar-refractivity contribution in [1.82, 2.24) is 4.90 Å². The van der Waals surface area contributed by atoms with Gasteiger partial charge in [-0.3, -0.25) is 9.59 Å². The molecule has 73 valence electrons. The Morgan fingerprint density at radius 1 is 1.13 bits per heavy atom. The fraction of sp³-hybridized carbons (Fsp3) is 0. The Morgan fingerprint density at radius 2 is 1.67 bits per heavy atom. The molecule has 1 aliphatic rings. The van der Waals surface area contributed by atoms with Crippen LogP contribution in [-0.2, 0) is 0 Å². The second-order valence-electron chi connectivity index (χ2n) is 3.02. The Kier molecular flexibility index (Phi) is 2.21. The molecule has 0 atom stereocenters. The van der Waals surface area contributed by atoms with Crippen LogP contribution in [0.3, 0.4) is 0 Å². The summed E-state index contributed by atoms with van der Waals surface area (Å²) in [6.45, 7) is 3.45. The van der Waals surface area contributed by atoms with Gasteiger partial charge in [-0.15, -0.1) is 0 Å². The molecule has 3 heteroatoms. The summed E-state index contributed by atoms with van der Waals surface area (Å²) in [4.78, 5) is 24.4. The molecule has 0 aliphatic carbocycles. The number of allylic oxidation sites excluding steroid dienone is 2. The molecule has 1 heterocycles. The van der Waals surface area contributed by atoms with Crippen LogP contribution in [0, 0.1) is 6.20 Å². The van der Waals surface area contributed by atoms with Crippen molar-refractivity contribution in [2.45, 2.75) is 0 Å². The highest BCUT2D eigenvalue weighted by Crippen LogP contribution is 2.21. The lowest BCUT2D eigenvalue weighted by Crippen LogP contribution is -2.23. The van der Waals surface area contributed by atoms with Gasteiger partial charge >= 0.3 is 0 Å². The summed E-state index contributed by atoms with van der Waals surface area (Å²) in [7, 11) is 0. The number of nitrogens with zero attached hydrogens (tertiary/aromatic N) is 1. The van der Waals surface area contributed by atoms with Gasteiger partial charge in [0.05, 0.1) is 17.3 Å². The molecular weight excluding hydrogens is 190 g/mol. The Balaban J connectivity index is 2.45. The van der Waals surface area contributed by atoms with Crippen LogP contribution < -0.4 is 0 Å². The normalized spacial score (nSPS) is 14.8. The highest BCUT2D eigenvalue weighted by atomic mass is 16.2. The van der Waals surface area contributed by atoms with Crippen molar-refractivity contribution < 1.29 is 9.59 Å². The molecule has 0 N–H and O–H groups in total. The minimum atomic E-state index is -0.339. The van der Waals surface area contributed by atoms with Crippen molar-refractivity contribution >= 4 is 11.8 Å². The number of benzene rings is 1. The Bertz CT molecular complexity index is 439. The lowest BCUT2D eigenvalue weighted by atomic mass is 10.1. The zero-order valence-electron chi connectivity index (χ0n) is 7.93. The van der Waals surface area contributed by atoms with Gasteiger partial charge in [0.15, 0.2) is 0 Å². The summed E-state index contributed by atoms with van der Waals surface area (Å²) in [5.74, 6) is -0.678. The average Bonchev–Trinajstić information content (AvgIpc) is 2.51. The molecule has 0 saturated heterocycles. The largest absolute Gasteiger partial charge is 0.268 e. The highest BCUT2D eigenvalue weighted by molar-refractivity contribution is 6.21. The number of hydrogen-bond acceptors (Lipinski definition) is 2. The van der Waals surface area contributed by atoms with Gasteiger partial charge in [0.2, 0.25) is 0 Å². The second kappa shape index (κ2) is 3.53. The third kappa shape index (κ3) is 1.38. The molecule has 1 aromatic rings. The summed E-state index contributed by atoms with van der Waals surface area (Å²) in [6.07, 6.45) is 5.46. The molecule has 0 fully saturated rings. The van der Waals surface area contributed by atoms with E-state index in [2.05, 4.69) is 12.8 Å². The zero-order valence-corrected chi connectivity index (χ0v) is 7.93. The topological polar surface area (TPSA) is 37.4 Å². The van der Waals surface area contributed by atoms with Crippen LogP contribution in [0.4, 0.5) is 0 Å². The van der Waals surface area contributed by atoms with Gasteiger partial charge in [0.25, 0.3) is 11.8 Å². The summed E-state index contributed by atoms with van der Waals surface area (Å²) in [5.41, 5.74) is 0.847. The smallest absolute Gasteiger partial charge is 0.266 e. The molecule has 0 spiro atoms. The van der Waals surface area contributed by atoms with Crippen LogP contribution in [-0.4, -0.2) is 16.7 Å². The fourth-order valence-electron chi connectivity index (χ4n) is 1.43. The van der Waals surface area contributed by atoms with E-state index in [4.69, 9.17) is 0 Å². The van der Waals surface area contributed by atoms with E-state index in [1.54, 1.807) is 24.3 Å². The Labute approximate surface area is 87.3 Å². The first-order chi connectivity index (χ1) is 7.25. The molecule has 0 bridgehead atoms. The zero-order chi connectivity index (χ0) is 10.8. The van der Waals surface area contributed by atoms with E-state index in [0.29, 0.717) is 11.1 Å². The molecule has 0 saturated carbocycles. The average molecular weight is 198 g/mol. The summed E-state index contributed by atoms with van der Waals surface area (Å²) >= 11 is 0. The van der Waals surface area contributed by atoms with E-state index in [9.17, 15) is 9.59 Å². The van der Waals surface area contributed by atoms with Crippen LogP contribution in [0.2, 0.25) is 0 Å². The van der Waals surface area contributed by atoms with E-state index >= 15 is 0 Å². The number of rotatable bonds is 2. The maximum atomic E-state index is 11.7. The number of fused-ring (bicyclic) bond motifs is 1. The number of carbonyl (C=O) groups excluding carboxylic acids is 2. The quantitative estimate of drug-likeness (QED) is 0.536.